The van der Waals surface area contributed by atoms with Gasteiger partial charge in [0.05, 0.1) is 17.3 Å². The lowest BCUT2D eigenvalue weighted by Gasteiger charge is -2.23. The van der Waals surface area contributed by atoms with E-state index in [1.165, 1.54) is 23.2 Å². The van der Waals surface area contributed by atoms with Gasteiger partial charge in [-0.05, 0) is 24.6 Å². The van der Waals surface area contributed by atoms with Gasteiger partial charge in [0.25, 0.3) is 0 Å². The fourth-order valence-electron chi connectivity index (χ4n) is 2.78. The van der Waals surface area contributed by atoms with Crippen molar-refractivity contribution in [3.8, 4) is 0 Å². The minimum absolute atomic E-state index is 0.0176. The normalized spacial score (nSPS) is 18.4. The molecule has 7 heteroatoms. The van der Waals surface area contributed by atoms with Crippen molar-refractivity contribution >= 4 is 29.5 Å². The smallest absolute Gasteiger partial charge is 0.243 e. The summed E-state index contributed by atoms with van der Waals surface area (Å²) in [6, 6.07) is 11.8. The predicted molar refractivity (Wildman–Crippen MR) is 89.5 cm³/mol. The summed E-state index contributed by atoms with van der Waals surface area (Å²) in [5, 5.41) is 10.7. The molecule has 0 spiro atoms. The van der Waals surface area contributed by atoms with Crippen molar-refractivity contribution in [1.29, 1.82) is 0 Å². The van der Waals surface area contributed by atoms with Crippen LogP contribution in [0.3, 0.4) is 0 Å². The average Bonchev–Trinajstić information content (AvgIpc) is 2.89. The van der Waals surface area contributed by atoms with E-state index in [4.69, 9.17) is 0 Å². The number of likely N-dealkylation sites (tertiary alicyclic amines) is 1. The molecule has 1 saturated heterocycles. The van der Waals surface area contributed by atoms with Gasteiger partial charge in [0.1, 0.15) is 5.03 Å². The van der Waals surface area contributed by atoms with Crippen LogP contribution in [0, 0.1) is 0 Å². The molecule has 1 aliphatic heterocycles. The Hall–Kier alpha value is -2.67. The SMILES string of the molecule is C[C@@H](c1ccccc1)N1C(=O)C[C@@H](Sc2ncccc2C(=O)[O-])C1=O. The molecule has 1 fully saturated rings. The Labute approximate surface area is 148 Å². The molecule has 1 aromatic heterocycles. The van der Waals surface area contributed by atoms with Crippen LogP contribution < -0.4 is 5.11 Å². The van der Waals surface area contributed by atoms with Gasteiger partial charge in [-0.15, -0.1) is 0 Å². The van der Waals surface area contributed by atoms with E-state index in [9.17, 15) is 19.5 Å². The molecule has 128 valence electrons. The molecule has 0 radical (unpaired) electrons. The van der Waals surface area contributed by atoms with Crippen LogP contribution in [-0.4, -0.2) is 32.9 Å². The maximum atomic E-state index is 12.7. The molecule has 0 N–H and O–H groups in total. The first-order valence-corrected chi connectivity index (χ1v) is 8.61. The highest BCUT2D eigenvalue weighted by molar-refractivity contribution is 8.00. The number of amides is 2. The summed E-state index contributed by atoms with van der Waals surface area (Å²) < 4.78 is 0. The maximum absolute atomic E-state index is 12.7. The number of carboxylic acid groups (broad SMARTS) is 1. The number of carbonyl (C=O) groups excluding carboxylic acids is 3. The third-order valence-electron chi connectivity index (χ3n) is 4.06. The van der Waals surface area contributed by atoms with Gasteiger partial charge in [0.15, 0.2) is 0 Å². The Balaban J connectivity index is 1.81. The first-order chi connectivity index (χ1) is 12.0. The zero-order valence-electron chi connectivity index (χ0n) is 13.4. The molecule has 2 amide bonds. The van der Waals surface area contributed by atoms with E-state index in [1.807, 2.05) is 30.3 Å². The van der Waals surface area contributed by atoms with Gasteiger partial charge < -0.3 is 9.90 Å². The summed E-state index contributed by atoms with van der Waals surface area (Å²) >= 11 is 0.990. The maximum Gasteiger partial charge on any atom is 0.243 e. The lowest BCUT2D eigenvalue weighted by atomic mass is 10.1. The molecule has 1 aliphatic rings. The molecule has 0 unspecified atom stereocenters. The van der Waals surface area contributed by atoms with E-state index in [0.717, 1.165) is 17.3 Å². The lowest BCUT2D eigenvalue weighted by Crippen LogP contribution is -2.34. The molecule has 1 aromatic carbocycles. The fraction of sp³-hybridized carbons (Fsp3) is 0.222. The summed E-state index contributed by atoms with van der Waals surface area (Å²) in [5.41, 5.74) is 0.783. The molecule has 2 aromatic rings. The number of imide groups is 1. The van der Waals surface area contributed by atoms with Gasteiger partial charge in [0, 0.05) is 18.2 Å². The van der Waals surface area contributed by atoms with Gasteiger partial charge in [-0.3, -0.25) is 14.5 Å². The lowest BCUT2D eigenvalue weighted by molar-refractivity contribution is -0.255. The molecular weight excluding hydrogens is 340 g/mol. The van der Waals surface area contributed by atoms with Gasteiger partial charge >= 0.3 is 0 Å². The average molecular weight is 355 g/mol. The van der Waals surface area contributed by atoms with Crippen LogP contribution in [-0.2, 0) is 9.59 Å². The number of aromatic nitrogens is 1. The van der Waals surface area contributed by atoms with Gasteiger partial charge in [0.2, 0.25) is 11.8 Å². The summed E-state index contributed by atoms with van der Waals surface area (Å²) in [6.07, 6.45) is 1.46. The number of benzene rings is 1. The van der Waals surface area contributed by atoms with Crippen LogP contribution in [0.4, 0.5) is 0 Å². The van der Waals surface area contributed by atoms with E-state index >= 15 is 0 Å². The molecular formula is C18H15N2O4S-. The van der Waals surface area contributed by atoms with Crippen molar-refractivity contribution in [3.05, 3.63) is 59.8 Å². The second kappa shape index (κ2) is 7.06. The number of pyridine rings is 1. The zero-order chi connectivity index (χ0) is 18.0. The van der Waals surface area contributed by atoms with Crippen molar-refractivity contribution in [2.45, 2.75) is 29.7 Å². The number of carboxylic acids is 1. The van der Waals surface area contributed by atoms with E-state index < -0.39 is 11.2 Å². The molecule has 3 rings (SSSR count). The third-order valence-corrected chi connectivity index (χ3v) is 5.26. The van der Waals surface area contributed by atoms with Crippen LogP contribution in [0.5, 0.6) is 0 Å². The van der Waals surface area contributed by atoms with Crippen LogP contribution in [0.2, 0.25) is 0 Å². The molecule has 6 nitrogen and oxygen atoms in total. The van der Waals surface area contributed by atoms with Crippen molar-refractivity contribution in [3.63, 3.8) is 0 Å². The first-order valence-electron chi connectivity index (χ1n) is 7.73. The second-order valence-corrected chi connectivity index (χ2v) is 6.83. The Bertz CT molecular complexity index is 825. The monoisotopic (exact) mass is 355 g/mol. The topological polar surface area (TPSA) is 90.4 Å². The van der Waals surface area contributed by atoms with Crippen molar-refractivity contribution in [2.24, 2.45) is 0 Å². The highest BCUT2D eigenvalue weighted by Gasteiger charge is 2.42. The largest absolute Gasteiger partial charge is 0.545 e. The minimum atomic E-state index is -1.36. The first kappa shape index (κ1) is 17.2. The number of hydrogen-bond donors (Lipinski definition) is 0. The van der Waals surface area contributed by atoms with Crippen LogP contribution in [0.15, 0.2) is 53.7 Å². The molecule has 2 atom stereocenters. The summed E-state index contributed by atoms with van der Waals surface area (Å²) in [4.78, 5) is 41.5. The van der Waals surface area contributed by atoms with E-state index in [0.29, 0.717) is 0 Å². The van der Waals surface area contributed by atoms with Crippen LogP contribution in [0.25, 0.3) is 0 Å². The molecule has 25 heavy (non-hydrogen) atoms. The molecule has 0 bridgehead atoms. The van der Waals surface area contributed by atoms with E-state index in [2.05, 4.69) is 4.98 Å². The Kier molecular flexibility index (Phi) is 4.85. The fourth-order valence-corrected chi connectivity index (χ4v) is 3.89. The Morgan fingerprint density at radius 2 is 1.96 bits per heavy atom. The highest BCUT2D eigenvalue weighted by Crippen LogP contribution is 2.35. The standard InChI is InChI=1S/C18H16N2O4S/c1-11(12-6-3-2-4-7-12)20-15(21)10-14(17(20)22)25-16-13(18(23)24)8-5-9-19-16/h2-9,11,14H,10H2,1H3,(H,23,24)/p-1/t11-,14+/m0/s1. The number of rotatable bonds is 5. The van der Waals surface area contributed by atoms with Crippen LogP contribution in [0.1, 0.15) is 35.3 Å². The molecule has 0 aliphatic carbocycles. The van der Waals surface area contributed by atoms with Crippen LogP contribution >= 0.6 is 11.8 Å². The Morgan fingerprint density at radius 3 is 2.64 bits per heavy atom. The molecule has 0 saturated carbocycles. The molecule has 2 heterocycles. The Morgan fingerprint density at radius 1 is 1.24 bits per heavy atom. The van der Waals surface area contributed by atoms with Crippen molar-refractivity contribution in [1.82, 2.24) is 9.88 Å². The van der Waals surface area contributed by atoms with E-state index in [-0.39, 0.29) is 34.9 Å². The number of carbonyl (C=O) groups is 3. The third kappa shape index (κ3) is 3.41. The predicted octanol–water partition coefficient (Wildman–Crippen LogP) is 1.43. The minimum Gasteiger partial charge on any atom is -0.545 e. The number of thioether (sulfide) groups is 1. The van der Waals surface area contributed by atoms with Crippen molar-refractivity contribution in [2.75, 3.05) is 0 Å². The number of hydrogen-bond acceptors (Lipinski definition) is 6. The number of aromatic carboxylic acids is 1. The van der Waals surface area contributed by atoms with Gasteiger partial charge in [-0.2, -0.15) is 0 Å². The summed E-state index contributed by atoms with van der Waals surface area (Å²) in [5.74, 6) is -1.96. The van der Waals surface area contributed by atoms with Gasteiger partial charge in [-0.25, -0.2) is 4.98 Å². The summed E-state index contributed by atoms with van der Waals surface area (Å²) in [6.45, 7) is 1.80. The van der Waals surface area contributed by atoms with E-state index in [1.54, 1.807) is 6.92 Å². The highest BCUT2D eigenvalue weighted by atomic mass is 32.2. The zero-order valence-corrected chi connectivity index (χ0v) is 14.2. The number of nitrogens with zero attached hydrogens (tertiary/aromatic N) is 2. The quantitative estimate of drug-likeness (QED) is 0.754. The second-order valence-electron chi connectivity index (χ2n) is 5.64. The van der Waals surface area contributed by atoms with Crippen molar-refractivity contribution < 1.29 is 19.5 Å². The van der Waals surface area contributed by atoms with Gasteiger partial charge in [-0.1, -0.05) is 42.1 Å². The summed E-state index contributed by atoms with van der Waals surface area (Å²) in [7, 11) is 0.